The Labute approximate surface area is 273 Å². The van der Waals surface area contributed by atoms with Crippen LogP contribution < -0.4 is 19.1 Å². The van der Waals surface area contributed by atoms with Crippen LogP contribution in [0.1, 0.15) is 41.7 Å². The normalized spacial score (nSPS) is 19.1. The highest BCUT2D eigenvalue weighted by Crippen LogP contribution is 2.59. The van der Waals surface area contributed by atoms with E-state index in [0.717, 1.165) is 63.4 Å². The molecule has 8 rings (SSSR count). The third-order valence-corrected chi connectivity index (χ3v) is 10.00. The first kappa shape index (κ1) is 29.5. The number of hydrogen-bond acceptors (Lipinski definition) is 5. The highest BCUT2D eigenvalue weighted by Gasteiger charge is 2.46. The van der Waals surface area contributed by atoms with Crippen molar-refractivity contribution in [1.82, 2.24) is 0 Å². The summed E-state index contributed by atoms with van der Waals surface area (Å²) in [5.74, 6) is 0.507. The second kappa shape index (κ2) is 10.8. The molecule has 0 bridgehead atoms. The number of halogens is 2. The number of ether oxygens (including phenoxy) is 4. The van der Waals surface area contributed by atoms with Crippen molar-refractivity contribution >= 4 is 22.5 Å². The van der Waals surface area contributed by atoms with Crippen LogP contribution in [0.4, 0.5) is 14.5 Å². The molecule has 5 aromatic rings. The number of hydrogen-bond donors (Lipinski definition) is 0. The zero-order valence-corrected chi connectivity index (χ0v) is 26.8. The summed E-state index contributed by atoms with van der Waals surface area (Å²) in [6.45, 7) is 7.09. The summed E-state index contributed by atoms with van der Waals surface area (Å²) in [7, 11) is 3.18. The van der Waals surface area contributed by atoms with Gasteiger partial charge in [-0.05, 0) is 58.5 Å². The van der Waals surface area contributed by atoms with Gasteiger partial charge in [0.1, 0.15) is 17.4 Å². The number of fused-ring (bicyclic) bond motifs is 8. The maximum absolute atomic E-state index is 15.7. The Morgan fingerprint density at radius 2 is 1.43 bits per heavy atom. The Morgan fingerprint density at radius 3 is 2.11 bits per heavy atom. The van der Waals surface area contributed by atoms with E-state index in [2.05, 4.69) is 53.5 Å². The first-order valence-corrected chi connectivity index (χ1v) is 15.9. The molecule has 1 unspecified atom stereocenters. The van der Waals surface area contributed by atoms with Crippen LogP contribution in [0.3, 0.4) is 0 Å². The zero-order valence-electron chi connectivity index (χ0n) is 26.8. The Morgan fingerprint density at radius 1 is 0.766 bits per heavy atom. The highest BCUT2D eigenvalue weighted by molar-refractivity contribution is 6.09. The van der Waals surface area contributed by atoms with Gasteiger partial charge in [0.25, 0.3) is 0 Å². The molecular weight excluding hydrogens is 596 g/mol. The molecule has 1 saturated heterocycles. The number of morpholine rings is 1. The first-order chi connectivity index (χ1) is 22.8. The van der Waals surface area contributed by atoms with Gasteiger partial charge in [0.15, 0.2) is 17.1 Å². The van der Waals surface area contributed by atoms with Crippen LogP contribution in [0.2, 0.25) is 0 Å². The van der Waals surface area contributed by atoms with Gasteiger partial charge in [-0.15, -0.1) is 0 Å². The molecule has 238 valence electrons. The molecule has 0 spiro atoms. The molecule has 5 aromatic carbocycles. The van der Waals surface area contributed by atoms with E-state index in [9.17, 15) is 4.39 Å². The van der Waals surface area contributed by atoms with Gasteiger partial charge in [-0.25, -0.2) is 8.78 Å². The van der Waals surface area contributed by atoms with Crippen LogP contribution in [0.15, 0.2) is 84.9 Å². The molecule has 1 fully saturated rings. The van der Waals surface area contributed by atoms with Gasteiger partial charge in [-0.3, -0.25) is 0 Å². The number of anilines is 1. The first-order valence-electron chi connectivity index (χ1n) is 15.9. The quantitative estimate of drug-likeness (QED) is 0.194. The molecule has 7 heteroatoms. The average Bonchev–Trinajstić information content (AvgIpc) is 3.34. The molecule has 5 nitrogen and oxygen atoms in total. The second-order valence-corrected chi connectivity index (χ2v) is 12.9. The number of rotatable bonds is 5. The van der Waals surface area contributed by atoms with Crippen LogP contribution in [-0.2, 0) is 15.8 Å². The summed E-state index contributed by atoms with van der Waals surface area (Å²) in [6, 6.07) is 24.9. The van der Waals surface area contributed by atoms with Gasteiger partial charge < -0.3 is 23.8 Å². The van der Waals surface area contributed by atoms with Crippen molar-refractivity contribution in [2.75, 3.05) is 45.4 Å². The predicted octanol–water partition coefficient (Wildman–Crippen LogP) is 8.63. The molecule has 47 heavy (non-hydrogen) atoms. The van der Waals surface area contributed by atoms with E-state index in [1.54, 1.807) is 14.2 Å². The number of nitrogens with zero attached hydrogens (tertiary/aromatic N) is 1. The smallest absolute Gasteiger partial charge is 0.178 e. The average molecular weight is 632 g/mol. The third-order valence-electron chi connectivity index (χ3n) is 10.00. The Bertz CT molecular complexity index is 2070. The molecule has 0 saturated carbocycles. The Balaban J connectivity index is 1.40. The SMILES string of the molecule is COc1cc2c3c(c4c(c2cc1OC)-c1cc(F)cc(F)c1C4(C)C)C=CC(c1ccccc1)(c1ccc(N2CCOCC2)cc1)O3. The molecule has 0 aromatic heterocycles. The summed E-state index contributed by atoms with van der Waals surface area (Å²) in [4.78, 5) is 2.33. The minimum atomic E-state index is -0.973. The molecular formula is C40H35F2NO4. The minimum Gasteiger partial charge on any atom is -0.493 e. The topological polar surface area (TPSA) is 40.2 Å². The maximum Gasteiger partial charge on any atom is 0.178 e. The number of methoxy groups -OCH3 is 2. The summed E-state index contributed by atoms with van der Waals surface area (Å²) >= 11 is 0. The minimum absolute atomic E-state index is 0.463. The van der Waals surface area contributed by atoms with Crippen molar-refractivity contribution in [1.29, 1.82) is 0 Å². The van der Waals surface area contributed by atoms with E-state index in [1.165, 1.54) is 6.07 Å². The van der Waals surface area contributed by atoms with Crippen molar-refractivity contribution in [2.45, 2.75) is 24.9 Å². The highest BCUT2D eigenvalue weighted by atomic mass is 19.1. The molecule has 1 aliphatic carbocycles. The van der Waals surface area contributed by atoms with Crippen LogP contribution in [-0.4, -0.2) is 40.5 Å². The monoisotopic (exact) mass is 631 g/mol. The van der Waals surface area contributed by atoms with Gasteiger partial charge in [0.05, 0.1) is 27.4 Å². The number of benzene rings is 5. The second-order valence-electron chi connectivity index (χ2n) is 12.9. The Kier molecular flexibility index (Phi) is 6.81. The summed E-state index contributed by atoms with van der Waals surface area (Å²) < 4.78 is 55.0. The van der Waals surface area contributed by atoms with E-state index < -0.39 is 22.7 Å². The molecule has 0 amide bonds. The van der Waals surface area contributed by atoms with E-state index in [-0.39, 0.29) is 0 Å². The molecule has 3 aliphatic rings. The summed E-state index contributed by atoms with van der Waals surface area (Å²) in [6.07, 6.45) is 4.19. The van der Waals surface area contributed by atoms with Crippen LogP contribution >= 0.6 is 0 Å². The maximum atomic E-state index is 15.7. The molecule has 0 N–H and O–H groups in total. The van der Waals surface area contributed by atoms with Gasteiger partial charge in [-0.2, -0.15) is 0 Å². The van der Waals surface area contributed by atoms with Gasteiger partial charge >= 0.3 is 0 Å². The molecule has 2 heterocycles. The molecule has 1 atom stereocenters. The fourth-order valence-electron chi connectivity index (χ4n) is 7.83. The molecule has 2 aliphatic heterocycles. The van der Waals surface area contributed by atoms with E-state index in [0.29, 0.717) is 41.6 Å². The van der Waals surface area contributed by atoms with Crippen molar-refractivity contribution in [3.8, 4) is 28.4 Å². The van der Waals surface area contributed by atoms with Crippen molar-refractivity contribution in [3.05, 3.63) is 124 Å². The van der Waals surface area contributed by atoms with Crippen LogP contribution in [0.25, 0.3) is 28.0 Å². The fourth-order valence-corrected chi connectivity index (χ4v) is 7.83. The van der Waals surface area contributed by atoms with E-state index in [4.69, 9.17) is 18.9 Å². The zero-order chi connectivity index (χ0) is 32.5. The lowest BCUT2D eigenvalue weighted by Gasteiger charge is -2.39. The van der Waals surface area contributed by atoms with Crippen molar-refractivity contribution in [3.63, 3.8) is 0 Å². The van der Waals surface area contributed by atoms with Crippen molar-refractivity contribution < 1.29 is 27.7 Å². The lowest BCUT2D eigenvalue weighted by molar-refractivity contribution is 0.122. The summed E-state index contributed by atoms with van der Waals surface area (Å²) in [5.41, 5.74) is 4.79. The van der Waals surface area contributed by atoms with Crippen LogP contribution in [0.5, 0.6) is 17.2 Å². The van der Waals surface area contributed by atoms with Crippen LogP contribution in [0, 0.1) is 11.6 Å². The summed E-state index contributed by atoms with van der Waals surface area (Å²) in [5, 5.41) is 1.53. The molecule has 0 radical (unpaired) electrons. The van der Waals surface area contributed by atoms with E-state index in [1.807, 2.05) is 44.2 Å². The van der Waals surface area contributed by atoms with Crippen molar-refractivity contribution in [2.24, 2.45) is 0 Å². The third kappa shape index (κ3) is 4.36. The fraction of sp³-hybridized carbons (Fsp3) is 0.250. The Hall–Kier alpha value is -4.88. The standard InChI is InChI=1S/C40H35F2NO4/c1-39(2)36-31(20-26(41)21-32(36)42)35-29-22-33(44-3)34(45-4)23-30(29)38-28(37(35)39)14-15-40(47-38,24-8-6-5-7-9-24)25-10-12-27(13-11-25)43-16-18-46-19-17-43/h5-15,20-23H,16-19H2,1-4H3. The van der Waals surface area contributed by atoms with Gasteiger partial charge in [0, 0.05) is 57.9 Å². The van der Waals surface area contributed by atoms with Gasteiger partial charge in [-0.1, -0.05) is 62.4 Å². The van der Waals surface area contributed by atoms with E-state index >= 15 is 4.39 Å². The lowest BCUT2D eigenvalue weighted by Crippen LogP contribution is -2.37. The lowest BCUT2D eigenvalue weighted by atomic mass is 9.76. The predicted molar refractivity (Wildman–Crippen MR) is 181 cm³/mol. The largest absolute Gasteiger partial charge is 0.493 e. The van der Waals surface area contributed by atoms with Gasteiger partial charge in [0.2, 0.25) is 0 Å².